The first kappa shape index (κ1) is 24.8. The second-order valence-corrected chi connectivity index (χ2v) is 10.2. The van der Waals surface area contributed by atoms with Crippen LogP contribution in [0.2, 0.25) is 0 Å². The monoisotopic (exact) mass is 478 g/mol. The number of esters is 1. The van der Waals surface area contributed by atoms with Crippen molar-refractivity contribution >= 4 is 22.7 Å². The molecule has 186 valence electrons. The van der Waals surface area contributed by atoms with Gasteiger partial charge in [-0.25, -0.2) is 18.0 Å². The van der Waals surface area contributed by atoms with E-state index in [2.05, 4.69) is 9.88 Å². The molecule has 0 radical (unpaired) electrons. The minimum absolute atomic E-state index is 0.0355. The topological polar surface area (TPSA) is 62.4 Å². The average Bonchev–Trinajstić information content (AvgIpc) is 3.17. The molecule has 1 saturated carbocycles. The zero-order valence-electron chi connectivity index (χ0n) is 20.1. The molecule has 2 aromatic rings. The molecule has 0 unspecified atom stereocenters. The maximum atomic E-state index is 14.3. The summed E-state index contributed by atoms with van der Waals surface area (Å²) in [6.07, 6.45) is 2.72. The number of benzene rings is 1. The highest BCUT2D eigenvalue weighted by Gasteiger charge is 2.38. The van der Waals surface area contributed by atoms with E-state index in [9.17, 15) is 22.8 Å². The van der Waals surface area contributed by atoms with Gasteiger partial charge in [0.1, 0.15) is 5.82 Å². The quantitative estimate of drug-likeness (QED) is 0.404. The third-order valence-electron chi connectivity index (χ3n) is 7.31. The Kier molecular flexibility index (Phi) is 7.08. The number of hydrogen-bond acceptors (Lipinski definition) is 4. The van der Waals surface area contributed by atoms with Crippen molar-refractivity contribution in [2.24, 2.45) is 5.92 Å². The number of rotatable bonds is 6. The van der Waals surface area contributed by atoms with Gasteiger partial charge in [-0.15, -0.1) is 0 Å². The van der Waals surface area contributed by atoms with E-state index in [-0.39, 0.29) is 42.1 Å². The molecule has 1 aromatic heterocycles. The number of carbonyl (C=O) groups excluding carboxylic acids is 2. The molecule has 0 amide bonds. The second kappa shape index (κ2) is 9.72. The number of methoxy groups -OCH3 is 1. The zero-order valence-corrected chi connectivity index (χ0v) is 20.1. The number of carbonyl (C=O) groups is 2. The first-order valence-corrected chi connectivity index (χ1v) is 12.2. The van der Waals surface area contributed by atoms with Gasteiger partial charge in [-0.05, 0) is 56.8 Å². The lowest BCUT2D eigenvalue weighted by atomic mass is 9.85. The molecule has 1 aliphatic carbocycles. The number of alkyl halides is 2. The molecular formula is C26H33F3N2O3. The highest BCUT2D eigenvalue weighted by Crippen LogP contribution is 2.40. The molecule has 34 heavy (non-hydrogen) atoms. The zero-order chi connectivity index (χ0) is 24.6. The Morgan fingerprint density at radius 2 is 1.79 bits per heavy atom. The van der Waals surface area contributed by atoms with E-state index in [0.717, 1.165) is 37.7 Å². The van der Waals surface area contributed by atoms with E-state index in [0.29, 0.717) is 35.7 Å². The molecule has 0 bridgehead atoms. The van der Waals surface area contributed by atoms with Crippen LogP contribution >= 0.6 is 0 Å². The Morgan fingerprint density at radius 1 is 1.15 bits per heavy atom. The maximum absolute atomic E-state index is 14.3. The second-order valence-electron chi connectivity index (χ2n) is 10.2. The lowest BCUT2D eigenvalue weighted by molar-refractivity contribution is -0.0558. The molecule has 2 heterocycles. The third kappa shape index (κ3) is 5.02. The van der Waals surface area contributed by atoms with Crippen molar-refractivity contribution in [2.75, 3.05) is 20.2 Å². The fourth-order valence-corrected chi connectivity index (χ4v) is 5.60. The summed E-state index contributed by atoms with van der Waals surface area (Å²) >= 11 is 0. The van der Waals surface area contributed by atoms with Crippen LogP contribution in [0.5, 0.6) is 0 Å². The van der Waals surface area contributed by atoms with Crippen LogP contribution in [0.25, 0.3) is 10.9 Å². The molecule has 0 atom stereocenters. The first-order valence-electron chi connectivity index (χ1n) is 12.2. The van der Waals surface area contributed by atoms with E-state index in [1.807, 2.05) is 13.8 Å². The highest BCUT2D eigenvalue weighted by atomic mass is 19.3. The van der Waals surface area contributed by atoms with Gasteiger partial charge < -0.3 is 14.6 Å². The van der Waals surface area contributed by atoms with Crippen LogP contribution in [0.15, 0.2) is 12.1 Å². The van der Waals surface area contributed by atoms with Gasteiger partial charge in [0.2, 0.25) is 5.92 Å². The number of hydrogen-bond donors (Lipinski definition) is 1. The Balaban J connectivity index is 1.65. The Hall–Kier alpha value is -2.35. The van der Waals surface area contributed by atoms with Crippen molar-refractivity contribution in [2.45, 2.75) is 76.7 Å². The van der Waals surface area contributed by atoms with E-state index >= 15 is 0 Å². The highest BCUT2D eigenvalue weighted by molar-refractivity contribution is 6.16. The number of fused-ring (bicyclic) bond motifs is 1. The molecule has 5 nitrogen and oxygen atoms in total. The van der Waals surface area contributed by atoms with Gasteiger partial charge in [-0.2, -0.15) is 0 Å². The summed E-state index contributed by atoms with van der Waals surface area (Å²) in [4.78, 5) is 31.4. The van der Waals surface area contributed by atoms with Crippen LogP contribution in [-0.4, -0.2) is 53.8 Å². The van der Waals surface area contributed by atoms with Crippen molar-refractivity contribution < 1.29 is 27.5 Å². The van der Waals surface area contributed by atoms with Crippen molar-refractivity contribution in [1.29, 1.82) is 0 Å². The van der Waals surface area contributed by atoms with Crippen molar-refractivity contribution in [3.63, 3.8) is 0 Å². The number of nitrogens with zero attached hydrogens (tertiary/aromatic N) is 1. The molecule has 2 fully saturated rings. The minimum atomic E-state index is -2.54. The lowest BCUT2D eigenvalue weighted by Gasteiger charge is -2.40. The van der Waals surface area contributed by atoms with Crippen LogP contribution in [0.4, 0.5) is 13.2 Å². The van der Waals surface area contributed by atoms with Crippen LogP contribution < -0.4 is 0 Å². The number of aromatic nitrogens is 1. The fourth-order valence-electron chi connectivity index (χ4n) is 5.60. The molecule has 2 aliphatic rings. The summed E-state index contributed by atoms with van der Waals surface area (Å²) < 4.78 is 46.3. The van der Waals surface area contributed by atoms with E-state index in [1.54, 1.807) is 0 Å². The van der Waals surface area contributed by atoms with Crippen molar-refractivity contribution in [3.05, 3.63) is 34.8 Å². The lowest BCUT2D eigenvalue weighted by Crippen LogP contribution is -2.44. The predicted molar refractivity (Wildman–Crippen MR) is 124 cm³/mol. The number of likely N-dealkylation sites (tertiary alicyclic amines) is 1. The summed E-state index contributed by atoms with van der Waals surface area (Å²) in [5, 5.41) is 0.422. The number of piperidine rings is 1. The minimum Gasteiger partial charge on any atom is -0.465 e. The van der Waals surface area contributed by atoms with E-state index < -0.39 is 17.7 Å². The van der Waals surface area contributed by atoms with Crippen LogP contribution in [-0.2, 0) is 4.74 Å². The first-order chi connectivity index (χ1) is 16.1. The molecule has 4 rings (SSSR count). The molecule has 0 spiro atoms. The van der Waals surface area contributed by atoms with Gasteiger partial charge in [0.05, 0.1) is 18.2 Å². The Labute approximate surface area is 198 Å². The SMILES string of the molecule is COC(=O)c1cc(F)cc2[nH]c(C3CCN(C4CCC(F)(F)CC4)CC3)c(C(=O)CC(C)C)c12. The number of H-pyrrole nitrogens is 1. The third-order valence-corrected chi connectivity index (χ3v) is 7.31. The van der Waals surface area contributed by atoms with Gasteiger partial charge in [-0.1, -0.05) is 13.8 Å². The van der Waals surface area contributed by atoms with Crippen molar-refractivity contribution in [3.8, 4) is 0 Å². The molecule has 1 N–H and O–H groups in total. The number of aromatic amines is 1. The van der Waals surface area contributed by atoms with Crippen LogP contribution in [0.1, 0.15) is 91.1 Å². The normalized spacial score (nSPS) is 20.2. The summed E-state index contributed by atoms with van der Waals surface area (Å²) in [5.41, 5.74) is 1.67. The molecule has 8 heteroatoms. The standard InChI is InChI=1S/C26H33F3N2O3/c1-15(2)12-21(32)23-22-19(25(33)34-3)13-17(27)14-20(22)30-24(23)16-6-10-31(11-7-16)18-4-8-26(28,29)9-5-18/h13-16,18,30H,4-12H2,1-3H3. The number of Topliss-reactive ketones (excluding diaryl/α,β-unsaturated/α-hetero) is 1. The van der Waals surface area contributed by atoms with Gasteiger partial charge in [-0.3, -0.25) is 4.79 Å². The fraction of sp³-hybridized carbons (Fsp3) is 0.615. The van der Waals surface area contributed by atoms with Gasteiger partial charge in [0.25, 0.3) is 0 Å². The maximum Gasteiger partial charge on any atom is 0.338 e. The Bertz CT molecular complexity index is 1060. The summed E-state index contributed by atoms with van der Waals surface area (Å²) in [6, 6.07) is 2.61. The van der Waals surface area contributed by atoms with Gasteiger partial charge in [0, 0.05) is 47.9 Å². The summed E-state index contributed by atoms with van der Waals surface area (Å²) in [6.45, 7) is 5.43. The molecular weight excluding hydrogens is 445 g/mol. The average molecular weight is 479 g/mol. The molecule has 1 aromatic carbocycles. The van der Waals surface area contributed by atoms with Gasteiger partial charge in [0.15, 0.2) is 5.78 Å². The smallest absolute Gasteiger partial charge is 0.338 e. The number of ether oxygens (including phenoxy) is 1. The Morgan fingerprint density at radius 3 is 2.38 bits per heavy atom. The summed E-state index contributed by atoms with van der Waals surface area (Å²) in [7, 11) is 1.24. The largest absolute Gasteiger partial charge is 0.465 e. The van der Waals surface area contributed by atoms with E-state index in [4.69, 9.17) is 4.74 Å². The summed E-state index contributed by atoms with van der Waals surface area (Å²) in [5.74, 6) is -3.72. The molecule has 1 aliphatic heterocycles. The predicted octanol–water partition coefficient (Wildman–Crippen LogP) is 6.08. The van der Waals surface area contributed by atoms with Gasteiger partial charge >= 0.3 is 5.97 Å². The van der Waals surface area contributed by atoms with Crippen molar-refractivity contribution in [1.82, 2.24) is 9.88 Å². The van der Waals surface area contributed by atoms with E-state index in [1.165, 1.54) is 13.2 Å². The molecule has 1 saturated heterocycles. The van der Waals surface area contributed by atoms with Crippen LogP contribution in [0, 0.1) is 11.7 Å². The number of ketones is 1. The number of halogens is 3. The van der Waals surface area contributed by atoms with Crippen LogP contribution in [0.3, 0.4) is 0 Å². The number of nitrogens with one attached hydrogen (secondary N) is 1.